The number of hydrogen-bond donors (Lipinski definition) is 5. The molecule has 2 aliphatic heterocycles. The largest absolute Gasteiger partial charge is 0.458 e. The molecule has 0 bridgehead atoms. The molecule has 0 radical (unpaired) electrons. The number of methoxy groups -OCH3 is 1. The Morgan fingerprint density at radius 2 is 1.79 bits per heavy atom. The van der Waals surface area contributed by atoms with Crippen LogP contribution in [0, 0.1) is 28.6 Å². The molecule has 4 saturated carbocycles. The summed E-state index contributed by atoms with van der Waals surface area (Å²) in [5, 5.41) is 56.7. The highest BCUT2D eigenvalue weighted by molar-refractivity contribution is 5.85. The van der Waals surface area contributed by atoms with Crippen molar-refractivity contribution in [1.82, 2.24) is 0 Å². The number of carbonyl (C=O) groups excluding carboxylic acids is 2. The van der Waals surface area contributed by atoms with Gasteiger partial charge in [-0.15, -0.1) is 0 Å². The maximum absolute atomic E-state index is 13.0. The molecular weight excluding hydrogens is 552 g/mol. The number of cyclic esters (lactones) is 1. The molecule has 42 heavy (non-hydrogen) atoms. The van der Waals surface area contributed by atoms with E-state index in [4.69, 9.17) is 24.0 Å². The van der Waals surface area contributed by atoms with E-state index < -0.39 is 76.8 Å². The van der Waals surface area contributed by atoms with Gasteiger partial charge in [-0.1, -0.05) is 6.92 Å². The van der Waals surface area contributed by atoms with Gasteiger partial charge in [0.1, 0.15) is 31.2 Å². The van der Waals surface area contributed by atoms with Crippen LogP contribution < -0.4 is 0 Å². The van der Waals surface area contributed by atoms with E-state index in [-0.39, 0.29) is 44.1 Å². The van der Waals surface area contributed by atoms with E-state index in [9.17, 15) is 35.1 Å². The molecule has 6 aliphatic rings. The Labute approximate surface area is 244 Å². The number of aliphatic hydroxyl groups excluding tert-OH is 3. The van der Waals surface area contributed by atoms with Gasteiger partial charge in [0.15, 0.2) is 0 Å². The lowest BCUT2D eigenvalue weighted by Gasteiger charge is -2.66. The van der Waals surface area contributed by atoms with Gasteiger partial charge in [0.2, 0.25) is 6.29 Å². The van der Waals surface area contributed by atoms with Gasteiger partial charge in [0, 0.05) is 25.0 Å². The van der Waals surface area contributed by atoms with Crippen molar-refractivity contribution < 1.29 is 59.1 Å². The molecule has 5 fully saturated rings. The minimum atomic E-state index is -1.45. The average Bonchev–Trinajstić information content (AvgIpc) is 3.51. The number of carbonyl (C=O) groups is 2. The van der Waals surface area contributed by atoms with Gasteiger partial charge in [0.25, 0.3) is 0 Å². The van der Waals surface area contributed by atoms with E-state index in [1.54, 1.807) is 6.92 Å². The van der Waals surface area contributed by atoms with Crippen LogP contribution in [-0.2, 0) is 33.6 Å². The minimum absolute atomic E-state index is 0.0980. The molecule has 5 N–H and O–H groups in total. The summed E-state index contributed by atoms with van der Waals surface area (Å²) in [5.74, 6) is -1.40. The molecule has 12 nitrogen and oxygen atoms in total. The fraction of sp³-hybridized carbons (Fsp3) is 0.867. The molecule has 0 aromatic rings. The van der Waals surface area contributed by atoms with Gasteiger partial charge in [-0.3, -0.25) is 0 Å². The van der Waals surface area contributed by atoms with Crippen molar-refractivity contribution in [1.29, 1.82) is 0 Å². The molecule has 14 atom stereocenters. The summed E-state index contributed by atoms with van der Waals surface area (Å²) in [6.07, 6.45) is -1.74. The van der Waals surface area contributed by atoms with Gasteiger partial charge < -0.3 is 44.5 Å². The van der Waals surface area contributed by atoms with E-state index >= 15 is 0 Å². The van der Waals surface area contributed by atoms with E-state index in [0.717, 1.165) is 11.9 Å². The van der Waals surface area contributed by atoms with E-state index in [1.807, 2.05) is 6.92 Å². The molecule has 2 heterocycles. The van der Waals surface area contributed by atoms with Crippen LogP contribution in [0.2, 0.25) is 0 Å². The Bertz CT molecular complexity index is 1110. The van der Waals surface area contributed by atoms with E-state index in [2.05, 4.69) is 0 Å². The molecule has 0 amide bonds. The SMILES string of the molecule is CO[C@H]1[C@H](OO[C@H]2CC[C@]3(C=O)C4C[C@@H](O)[C@]5(C)[C@@H](C6=CC(=O)OC6)CC[C@]5(O)C4CC[C@]3(O)C2)O[C@H](C)[C@H](O)[C@@H]1O. The number of ether oxygens (including phenoxy) is 3. The number of fused-ring (bicyclic) bond motifs is 5. The number of rotatable bonds is 6. The van der Waals surface area contributed by atoms with Gasteiger partial charge >= 0.3 is 5.97 Å². The Morgan fingerprint density at radius 3 is 2.45 bits per heavy atom. The van der Waals surface area contributed by atoms with Gasteiger partial charge in [-0.25, -0.2) is 14.6 Å². The van der Waals surface area contributed by atoms with Crippen molar-refractivity contribution in [2.75, 3.05) is 13.7 Å². The Balaban J connectivity index is 1.20. The van der Waals surface area contributed by atoms with Gasteiger partial charge in [-0.2, -0.15) is 0 Å². The fourth-order valence-corrected chi connectivity index (χ4v) is 9.86. The minimum Gasteiger partial charge on any atom is -0.458 e. The predicted molar refractivity (Wildman–Crippen MR) is 142 cm³/mol. The highest BCUT2D eigenvalue weighted by atomic mass is 17.2. The summed E-state index contributed by atoms with van der Waals surface area (Å²) in [6, 6.07) is 0. The molecule has 2 unspecified atom stereocenters. The van der Waals surface area contributed by atoms with Crippen LogP contribution in [0.15, 0.2) is 11.6 Å². The summed E-state index contributed by atoms with van der Waals surface area (Å²) in [7, 11) is 1.36. The third kappa shape index (κ3) is 4.13. The van der Waals surface area contributed by atoms with Gasteiger partial charge in [-0.05, 0) is 75.2 Å². The summed E-state index contributed by atoms with van der Waals surface area (Å²) >= 11 is 0. The topological polar surface area (TPSA) is 181 Å². The Morgan fingerprint density at radius 1 is 1.02 bits per heavy atom. The van der Waals surface area contributed by atoms with Crippen LogP contribution in [0.5, 0.6) is 0 Å². The third-order valence-corrected chi connectivity index (χ3v) is 12.3. The smallest absolute Gasteiger partial charge is 0.331 e. The second kappa shape index (κ2) is 10.6. The lowest BCUT2D eigenvalue weighted by atomic mass is 9.41. The first kappa shape index (κ1) is 30.5. The summed E-state index contributed by atoms with van der Waals surface area (Å²) in [6.45, 7) is 3.65. The molecule has 1 saturated heterocycles. The number of esters is 1. The lowest BCUT2D eigenvalue weighted by Crippen LogP contribution is -2.71. The van der Waals surface area contributed by atoms with Crippen molar-refractivity contribution in [3.05, 3.63) is 11.6 Å². The first-order valence-electron chi connectivity index (χ1n) is 15.2. The van der Waals surface area contributed by atoms with Crippen molar-refractivity contribution in [3.63, 3.8) is 0 Å². The Hall–Kier alpha value is -1.48. The van der Waals surface area contributed by atoms with Crippen LogP contribution in [0.1, 0.15) is 65.2 Å². The van der Waals surface area contributed by atoms with Crippen molar-refractivity contribution >= 4 is 12.3 Å². The fourth-order valence-electron chi connectivity index (χ4n) is 9.86. The molecule has 4 aliphatic carbocycles. The van der Waals surface area contributed by atoms with Crippen LogP contribution >= 0.6 is 0 Å². The quantitative estimate of drug-likeness (QED) is 0.123. The maximum atomic E-state index is 13.0. The second-order valence-electron chi connectivity index (χ2n) is 13.8. The van der Waals surface area contributed by atoms with Crippen LogP contribution in [0.3, 0.4) is 0 Å². The molecular formula is C30H44O12. The van der Waals surface area contributed by atoms with Crippen LogP contribution in [0.25, 0.3) is 0 Å². The highest BCUT2D eigenvalue weighted by Crippen LogP contribution is 2.70. The standard InChI is InChI=1S/C30H44O12/c1-15-23(34)24(35)25(38-3)26(40-15)42-41-17-4-7-28(14-31)20-11-21(32)27(2)18(16-10-22(33)39-13-16)6-9-30(27,37)19(20)5-8-29(28,36)12-17/h10,14-15,17-21,23-26,32,34-37H,4-9,11-13H2,1-3H3/t15-,17+,18-,19?,20?,21-,23+,24+,25-,26+,27+,28+,29+,30+/m1/s1. The third-order valence-electron chi connectivity index (χ3n) is 12.3. The zero-order chi connectivity index (χ0) is 30.2. The number of aldehydes is 1. The monoisotopic (exact) mass is 596 g/mol. The van der Waals surface area contributed by atoms with Crippen molar-refractivity contribution in [2.24, 2.45) is 28.6 Å². The lowest BCUT2D eigenvalue weighted by molar-refractivity contribution is -0.445. The van der Waals surface area contributed by atoms with Crippen LogP contribution in [-0.4, -0.2) is 106 Å². The summed E-state index contributed by atoms with van der Waals surface area (Å²) in [4.78, 5) is 36.1. The predicted octanol–water partition coefficient (Wildman–Crippen LogP) is 0.307. The second-order valence-corrected chi connectivity index (χ2v) is 13.8. The highest BCUT2D eigenvalue weighted by Gasteiger charge is 2.74. The van der Waals surface area contributed by atoms with E-state index in [1.165, 1.54) is 13.2 Å². The van der Waals surface area contributed by atoms with Crippen LogP contribution in [0.4, 0.5) is 0 Å². The van der Waals surface area contributed by atoms with Crippen molar-refractivity contribution in [3.8, 4) is 0 Å². The molecule has 12 heteroatoms. The average molecular weight is 597 g/mol. The molecule has 236 valence electrons. The maximum Gasteiger partial charge on any atom is 0.331 e. The Kier molecular flexibility index (Phi) is 7.68. The summed E-state index contributed by atoms with van der Waals surface area (Å²) < 4.78 is 16.1. The number of aliphatic hydroxyl groups is 5. The van der Waals surface area contributed by atoms with Gasteiger partial charge in [0.05, 0.1) is 34.9 Å². The molecule has 0 aromatic carbocycles. The normalized spacial score (nSPS) is 53.9. The zero-order valence-corrected chi connectivity index (χ0v) is 24.4. The van der Waals surface area contributed by atoms with Crippen molar-refractivity contribution in [2.45, 2.75) is 119 Å². The number of hydrogen-bond acceptors (Lipinski definition) is 12. The molecule has 0 spiro atoms. The first-order valence-corrected chi connectivity index (χ1v) is 15.2. The summed E-state index contributed by atoms with van der Waals surface area (Å²) in [5.41, 5.74) is -4.05. The molecule has 0 aromatic heterocycles. The van der Waals surface area contributed by atoms with E-state index in [0.29, 0.717) is 25.7 Å². The first-order chi connectivity index (χ1) is 19.8. The molecule has 6 rings (SSSR count). The zero-order valence-electron chi connectivity index (χ0n) is 24.4.